The highest BCUT2D eigenvalue weighted by Gasteiger charge is 2.30. The van der Waals surface area contributed by atoms with Crippen LogP contribution in [-0.2, 0) is 29.6 Å². The summed E-state index contributed by atoms with van der Waals surface area (Å²) in [6, 6.07) is 16.5. The second-order valence-electron chi connectivity index (χ2n) is 8.68. The molecule has 0 aromatic heterocycles. The lowest BCUT2D eigenvalue weighted by molar-refractivity contribution is -0.114. The minimum atomic E-state index is -4.17. The van der Waals surface area contributed by atoms with E-state index in [9.17, 15) is 21.6 Å². The lowest BCUT2D eigenvalue weighted by atomic mass is 10.2. The number of halogens is 1. The highest BCUT2D eigenvalue weighted by molar-refractivity contribution is 7.92. The van der Waals surface area contributed by atoms with Gasteiger partial charge >= 0.3 is 0 Å². The maximum Gasteiger partial charge on any atom is 0.264 e. The van der Waals surface area contributed by atoms with Crippen LogP contribution in [0.2, 0.25) is 5.02 Å². The lowest BCUT2D eigenvalue weighted by Gasteiger charge is -2.27. The van der Waals surface area contributed by atoms with Gasteiger partial charge in [0.05, 0.1) is 41.5 Å². The topological polar surface area (TPSA) is 122 Å². The monoisotopic (exact) mass is 593 g/mol. The fourth-order valence-electron chi connectivity index (χ4n) is 4.08. The number of anilines is 2. The summed E-state index contributed by atoms with van der Waals surface area (Å²) in [7, 11) is -6.64. The molecular formula is C26H28ClN3O7S2. The van der Waals surface area contributed by atoms with E-state index in [2.05, 4.69) is 5.32 Å². The first-order chi connectivity index (χ1) is 18.5. The summed E-state index contributed by atoms with van der Waals surface area (Å²) >= 11 is 5.94. The molecule has 3 aromatic rings. The average Bonchev–Trinajstić information content (AvgIpc) is 2.93. The van der Waals surface area contributed by atoms with Crippen molar-refractivity contribution >= 4 is 48.9 Å². The van der Waals surface area contributed by atoms with Gasteiger partial charge in [-0.2, -0.15) is 4.31 Å². The summed E-state index contributed by atoms with van der Waals surface area (Å²) in [5, 5.41) is 3.00. The zero-order valence-corrected chi connectivity index (χ0v) is 23.7. The molecule has 0 aliphatic carbocycles. The van der Waals surface area contributed by atoms with E-state index in [0.29, 0.717) is 16.3 Å². The summed E-state index contributed by atoms with van der Waals surface area (Å²) in [5.74, 6) is -0.484. The van der Waals surface area contributed by atoms with Crippen molar-refractivity contribution in [3.05, 3.63) is 77.3 Å². The summed E-state index contributed by atoms with van der Waals surface area (Å²) < 4.78 is 66.5. The molecular weight excluding hydrogens is 566 g/mol. The van der Waals surface area contributed by atoms with Crippen LogP contribution in [0.15, 0.2) is 76.5 Å². The zero-order chi connectivity index (χ0) is 28.2. The largest absolute Gasteiger partial charge is 0.495 e. The molecule has 13 heteroatoms. The van der Waals surface area contributed by atoms with Gasteiger partial charge in [-0.25, -0.2) is 16.8 Å². The van der Waals surface area contributed by atoms with E-state index in [0.717, 1.165) is 4.31 Å². The number of morpholine rings is 1. The average molecular weight is 594 g/mol. The van der Waals surface area contributed by atoms with Crippen molar-refractivity contribution in [1.82, 2.24) is 4.31 Å². The Morgan fingerprint density at radius 3 is 2.28 bits per heavy atom. The SMILES string of the molecule is COc1ccc(S(=O)(=O)N2CCOCC2)cc1NC(=O)CN(c1ccccc1C)S(=O)(=O)c1ccc(Cl)cc1. The van der Waals surface area contributed by atoms with Crippen molar-refractivity contribution in [1.29, 1.82) is 0 Å². The molecule has 1 amide bonds. The van der Waals surface area contributed by atoms with E-state index in [4.69, 9.17) is 21.1 Å². The molecule has 1 aliphatic rings. The first kappa shape index (κ1) is 28.8. The standard InChI is InChI=1S/C26H28ClN3O7S2/c1-19-5-3-4-6-24(19)30(39(34,35)21-9-7-20(27)8-10-21)18-26(31)28-23-17-22(11-12-25(23)36-2)38(32,33)29-13-15-37-16-14-29/h3-12,17H,13-16,18H2,1-2H3,(H,28,31). The normalized spacial score (nSPS) is 14.5. The molecule has 1 aliphatic heterocycles. The number of amides is 1. The minimum Gasteiger partial charge on any atom is -0.495 e. The second kappa shape index (κ2) is 11.9. The van der Waals surface area contributed by atoms with E-state index in [1.807, 2.05) is 0 Å². The van der Waals surface area contributed by atoms with Crippen molar-refractivity contribution in [3.8, 4) is 5.75 Å². The molecule has 0 unspecified atom stereocenters. The second-order valence-corrected chi connectivity index (χ2v) is 12.9. The maximum atomic E-state index is 13.7. The lowest BCUT2D eigenvalue weighted by Crippen LogP contribution is -2.40. The number of rotatable bonds is 9. The molecule has 0 bridgehead atoms. The van der Waals surface area contributed by atoms with Crippen LogP contribution in [0.3, 0.4) is 0 Å². The summed E-state index contributed by atoms with van der Waals surface area (Å²) in [6.07, 6.45) is 0. The Bertz CT molecular complexity index is 1560. The Morgan fingerprint density at radius 1 is 1.00 bits per heavy atom. The van der Waals surface area contributed by atoms with Crippen LogP contribution in [0, 0.1) is 6.92 Å². The number of aryl methyl sites for hydroxylation is 1. The number of nitrogens with zero attached hydrogens (tertiary/aromatic N) is 2. The molecule has 0 radical (unpaired) electrons. The Balaban J connectivity index is 1.66. The Morgan fingerprint density at radius 2 is 1.64 bits per heavy atom. The number of carbonyl (C=O) groups is 1. The Labute approximate surface area is 233 Å². The van der Waals surface area contributed by atoms with Gasteiger partial charge in [-0.05, 0) is 61.0 Å². The maximum absolute atomic E-state index is 13.7. The third-order valence-corrected chi connectivity index (χ3v) is 10.0. The number of sulfonamides is 2. The quantitative estimate of drug-likeness (QED) is 0.403. The van der Waals surface area contributed by atoms with Crippen LogP contribution in [0.1, 0.15) is 5.56 Å². The predicted octanol–water partition coefficient (Wildman–Crippen LogP) is 3.51. The molecule has 0 atom stereocenters. The van der Waals surface area contributed by atoms with Gasteiger partial charge in [0.15, 0.2) is 0 Å². The fraction of sp³-hybridized carbons (Fsp3) is 0.269. The number of ether oxygens (including phenoxy) is 2. The summed E-state index contributed by atoms with van der Waals surface area (Å²) in [6.45, 7) is 2.15. The number of hydrogen-bond donors (Lipinski definition) is 1. The van der Waals surface area contributed by atoms with Gasteiger partial charge in [0.2, 0.25) is 15.9 Å². The van der Waals surface area contributed by atoms with E-state index >= 15 is 0 Å². The number of carbonyl (C=O) groups excluding carboxylic acids is 1. The minimum absolute atomic E-state index is 0.0370. The first-order valence-electron chi connectivity index (χ1n) is 11.9. The van der Waals surface area contributed by atoms with Crippen LogP contribution >= 0.6 is 11.6 Å². The summed E-state index contributed by atoms with van der Waals surface area (Å²) in [4.78, 5) is 13.2. The van der Waals surface area contributed by atoms with Crippen LogP contribution in [0.5, 0.6) is 5.75 Å². The number of benzene rings is 3. The molecule has 208 valence electrons. The van der Waals surface area contributed by atoms with Gasteiger partial charge < -0.3 is 14.8 Å². The van der Waals surface area contributed by atoms with Crippen LogP contribution in [0.25, 0.3) is 0 Å². The van der Waals surface area contributed by atoms with Crippen molar-refractivity contribution in [2.45, 2.75) is 16.7 Å². The molecule has 10 nitrogen and oxygen atoms in total. The van der Waals surface area contributed by atoms with Gasteiger partial charge in [-0.15, -0.1) is 0 Å². The van der Waals surface area contributed by atoms with Crippen molar-refractivity contribution in [2.75, 3.05) is 49.6 Å². The number of hydrogen-bond acceptors (Lipinski definition) is 7. The van der Waals surface area contributed by atoms with Gasteiger partial charge in [0.25, 0.3) is 10.0 Å². The molecule has 0 saturated carbocycles. The van der Waals surface area contributed by atoms with Gasteiger partial charge in [0, 0.05) is 18.1 Å². The molecule has 1 N–H and O–H groups in total. The highest BCUT2D eigenvalue weighted by Crippen LogP contribution is 2.31. The Hall–Kier alpha value is -3.16. The predicted molar refractivity (Wildman–Crippen MR) is 148 cm³/mol. The van der Waals surface area contributed by atoms with E-state index in [-0.39, 0.29) is 47.5 Å². The zero-order valence-electron chi connectivity index (χ0n) is 21.3. The first-order valence-corrected chi connectivity index (χ1v) is 15.2. The Kier molecular flexibility index (Phi) is 8.82. The van der Waals surface area contributed by atoms with E-state index in [1.165, 1.54) is 53.9 Å². The molecule has 39 heavy (non-hydrogen) atoms. The molecule has 1 saturated heterocycles. The van der Waals surface area contributed by atoms with Crippen molar-refractivity contribution in [2.24, 2.45) is 0 Å². The van der Waals surface area contributed by atoms with Crippen LogP contribution < -0.4 is 14.4 Å². The van der Waals surface area contributed by atoms with Crippen molar-refractivity contribution < 1.29 is 31.1 Å². The smallest absolute Gasteiger partial charge is 0.264 e. The fourth-order valence-corrected chi connectivity index (χ4v) is 7.12. The van der Waals surface area contributed by atoms with Gasteiger partial charge in [-0.3, -0.25) is 9.10 Å². The van der Waals surface area contributed by atoms with E-state index in [1.54, 1.807) is 31.2 Å². The van der Waals surface area contributed by atoms with Gasteiger partial charge in [-0.1, -0.05) is 29.8 Å². The summed E-state index contributed by atoms with van der Waals surface area (Å²) in [5.41, 5.74) is 1.04. The van der Waals surface area contributed by atoms with Gasteiger partial charge in [0.1, 0.15) is 12.3 Å². The van der Waals surface area contributed by atoms with Crippen LogP contribution in [-0.4, -0.2) is 67.0 Å². The third kappa shape index (κ3) is 6.36. The highest BCUT2D eigenvalue weighted by atomic mass is 35.5. The van der Waals surface area contributed by atoms with Crippen LogP contribution in [0.4, 0.5) is 11.4 Å². The number of methoxy groups -OCH3 is 1. The third-order valence-electron chi connectivity index (χ3n) is 6.13. The van der Waals surface area contributed by atoms with Crippen molar-refractivity contribution in [3.63, 3.8) is 0 Å². The molecule has 1 fully saturated rings. The molecule has 3 aromatic carbocycles. The molecule has 4 rings (SSSR count). The number of para-hydroxylation sites is 1. The molecule has 0 spiro atoms. The number of nitrogens with one attached hydrogen (secondary N) is 1. The molecule has 1 heterocycles. The van der Waals surface area contributed by atoms with E-state index < -0.39 is 32.5 Å².